The molecule has 1 aromatic heterocycles. The second kappa shape index (κ2) is 8.34. The number of rotatable bonds is 7. The molecule has 0 aliphatic carbocycles. The average Bonchev–Trinajstić information content (AvgIpc) is 2.92. The molecule has 3 rings (SSSR count). The van der Waals surface area contributed by atoms with E-state index in [0.29, 0.717) is 37.3 Å². The molecule has 1 aliphatic rings. The highest BCUT2D eigenvalue weighted by atomic mass is 32.2. The van der Waals surface area contributed by atoms with Crippen molar-refractivity contribution in [3.8, 4) is 0 Å². The third-order valence-electron chi connectivity index (χ3n) is 5.05. The van der Waals surface area contributed by atoms with E-state index < -0.39 is 16.1 Å². The molecule has 1 fully saturated rings. The Labute approximate surface area is 164 Å². The molecule has 0 bridgehead atoms. The lowest BCUT2D eigenvalue weighted by atomic mass is 10.2. The van der Waals surface area contributed by atoms with Crippen molar-refractivity contribution in [3.05, 3.63) is 28.7 Å². The highest BCUT2D eigenvalue weighted by molar-refractivity contribution is 7.89. The smallest absolute Gasteiger partial charge is 0.329 e. The average molecular weight is 413 g/mol. The van der Waals surface area contributed by atoms with E-state index in [4.69, 9.17) is 4.74 Å². The van der Waals surface area contributed by atoms with Gasteiger partial charge >= 0.3 is 5.69 Å². The molecule has 10 heteroatoms. The highest BCUT2D eigenvalue weighted by Crippen LogP contribution is 2.21. The van der Waals surface area contributed by atoms with Gasteiger partial charge in [0, 0.05) is 40.3 Å². The van der Waals surface area contributed by atoms with E-state index >= 15 is 0 Å². The molecule has 1 saturated heterocycles. The monoisotopic (exact) mass is 412 g/mol. The molecule has 0 amide bonds. The van der Waals surface area contributed by atoms with Crippen molar-refractivity contribution in [2.24, 2.45) is 0 Å². The van der Waals surface area contributed by atoms with Gasteiger partial charge in [0.05, 0.1) is 41.8 Å². The van der Waals surface area contributed by atoms with Crippen molar-refractivity contribution < 1.29 is 18.3 Å². The maximum absolute atomic E-state index is 12.9. The molecule has 28 heavy (non-hydrogen) atoms. The number of fused-ring (bicyclic) bond motifs is 1. The lowest BCUT2D eigenvalue weighted by Gasteiger charge is -2.28. The number of aryl methyl sites for hydroxylation is 1. The number of aliphatic hydroxyl groups excluding tert-OH is 1. The minimum Gasteiger partial charge on any atom is -0.390 e. The predicted molar refractivity (Wildman–Crippen MR) is 106 cm³/mol. The van der Waals surface area contributed by atoms with Gasteiger partial charge in [-0.3, -0.25) is 14.0 Å². The number of hydrogen-bond acceptors (Lipinski definition) is 6. The van der Waals surface area contributed by atoms with E-state index in [-0.39, 0.29) is 17.1 Å². The standard InChI is InChI=1S/C18H28N4O5S/c1-4-21-16-6-5-15(28(25,26)19(2)3)11-17(16)22(18(21)24)13-14(23)12-20-7-9-27-10-8-20/h5-6,11,14,23H,4,7-10,12-13H2,1-3H3/t14-/m1/s1. The van der Waals surface area contributed by atoms with E-state index in [9.17, 15) is 18.3 Å². The lowest BCUT2D eigenvalue weighted by Crippen LogP contribution is -2.42. The summed E-state index contributed by atoms with van der Waals surface area (Å²) in [7, 11) is -0.686. The zero-order valence-corrected chi connectivity index (χ0v) is 17.4. The molecule has 0 spiro atoms. The van der Waals surface area contributed by atoms with Crippen LogP contribution in [0.4, 0.5) is 0 Å². The Morgan fingerprint density at radius 1 is 1.14 bits per heavy atom. The fourth-order valence-corrected chi connectivity index (χ4v) is 4.43. The Kier molecular flexibility index (Phi) is 6.25. The topological polar surface area (TPSA) is 97.0 Å². The van der Waals surface area contributed by atoms with Crippen LogP contribution >= 0.6 is 0 Å². The van der Waals surface area contributed by atoms with Crippen molar-refractivity contribution in [1.29, 1.82) is 0 Å². The van der Waals surface area contributed by atoms with Crippen LogP contribution in [0.2, 0.25) is 0 Å². The first kappa shape index (κ1) is 21.0. The number of nitrogens with zero attached hydrogens (tertiary/aromatic N) is 4. The first-order valence-electron chi connectivity index (χ1n) is 9.39. The first-order chi connectivity index (χ1) is 13.3. The maximum atomic E-state index is 12.9. The number of hydrogen-bond donors (Lipinski definition) is 1. The third-order valence-corrected chi connectivity index (χ3v) is 6.86. The Morgan fingerprint density at radius 2 is 1.82 bits per heavy atom. The summed E-state index contributed by atoms with van der Waals surface area (Å²) in [5, 5.41) is 10.6. The van der Waals surface area contributed by atoms with Crippen molar-refractivity contribution in [1.82, 2.24) is 18.3 Å². The van der Waals surface area contributed by atoms with Crippen LogP contribution in [0.5, 0.6) is 0 Å². The van der Waals surface area contributed by atoms with Gasteiger partial charge in [0.15, 0.2) is 0 Å². The fourth-order valence-electron chi connectivity index (χ4n) is 3.50. The molecule has 1 N–H and O–H groups in total. The number of aromatic nitrogens is 2. The van der Waals surface area contributed by atoms with Crippen LogP contribution in [0.25, 0.3) is 11.0 Å². The van der Waals surface area contributed by atoms with E-state index in [1.54, 1.807) is 10.6 Å². The second-order valence-electron chi connectivity index (χ2n) is 7.14. The number of morpholine rings is 1. The zero-order valence-electron chi connectivity index (χ0n) is 16.5. The van der Waals surface area contributed by atoms with Gasteiger partial charge in [0.1, 0.15) is 0 Å². The Bertz CT molecular complexity index is 989. The van der Waals surface area contributed by atoms with Crippen molar-refractivity contribution in [3.63, 3.8) is 0 Å². The number of imidazole rings is 1. The van der Waals surface area contributed by atoms with Crippen LogP contribution in [-0.2, 0) is 27.8 Å². The normalized spacial score (nSPS) is 17.5. The summed E-state index contributed by atoms with van der Waals surface area (Å²) in [5.41, 5.74) is 0.914. The van der Waals surface area contributed by atoms with Gasteiger partial charge in [-0.15, -0.1) is 0 Å². The quantitative estimate of drug-likeness (QED) is 0.675. The molecule has 1 atom stereocenters. The largest absolute Gasteiger partial charge is 0.390 e. The van der Waals surface area contributed by atoms with Gasteiger partial charge < -0.3 is 9.84 Å². The Morgan fingerprint density at radius 3 is 2.43 bits per heavy atom. The first-order valence-corrected chi connectivity index (χ1v) is 10.8. The fraction of sp³-hybridized carbons (Fsp3) is 0.611. The van der Waals surface area contributed by atoms with E-state index in [0.717, 1.165) is 17.4 Å². The summed E-state index contributed by atoms with van der Waals surface area (Å²) in [6.45, 7) is 5.61. The van der Waals surface area contributed by atoms with E-state index in [2.05, 4.69) is 4.90 Å². The summed E-state index contributed by atoms with van der Waals surface area (Å²) in [6.07, 6.45) is -0.749. The molecule has 0 saturated carbocycles. The lowest BCUT2D eigenvalue weighted by molar-refractivity contribution is 0.0115. The minimum atomic E-state index is -3.62. The maximum Gasteiger partial charge on any atom is 0.329 e. The van der Waals surface area contributed by atoms with Gasteiger partial charge in [-0.2, -0.15) is 0 Å². The molecule has 0 radical (unpaired) electrons. The highest BCUT2D eigenvalue weighted by Gasteiger charge is 2.22. The Hall–Kier alpha value is -1.72. The van der Waals surface area contributed by atoms with Gasteiger partial charge in [-0.05, 0) is 25.1 Å². The van der Waals surface area contributed by atoms with Crippen LogP contribution in [0.1, 0.15) is 6.92 Å². The number of benzene rings is 1. The summed E-state index contributed by atoms with van der Waals surface area (Å²) in [4.78, 5) is 15.1. The van der Waals surface area contributed by atoms with Crippen LogP contribution in [0.15, 0.2) is 27.9 Å². The molecule has 1 aliphatic heterocycles. The molecule has 1 aromatic carbocycles. The summed E-state index contributed by atoms with van der Waals surface area (Å²) < 4.78 is 34.5. The summed E-state index contributed by atoms with van der Waals surface area (Å²) in [5.74, 6) is 0. The van der Waals surface area contributed by atoms with Crippen LogP contribution < -0.4 is 5.69 Å². The van der Waals surface area contributed by atoms with Crippen LogP contribution in [0.3, 0.4) is 0 Å². The minimum absolute atomic E-state index is 0.102. The van der Waals surface area contributed by atoms with Crippen molar-refractivity contribution in [2.75, 3.05) is 46.9 Å². The number of sulfonamides is 1. The third kappa shape index (κ3) is 4.01. The number of β-amino-alcohol motifs (C(OH)–C–C–N with tert-alkyl or cyclic N) is 1. The van der Waals surface area contributed by atoms with E-state index in [1.165, 1.54) is 30.8 Å². The van der Waals surface area contributed by atoms with Crippen molar-refractivity contribution in [2.45, 2.75) is 31.0 Å². The zero-order chi connectivity index (χ0) is 20.5. The molecule has 156 valence electrons. The number of aliphatic hydroxyl groups is 1. The SMILES string of the molecule is CCn1c(=O)n(C[C@H](O)CN2CCOCC2)c2cc(S(=O)(=O)N(C)C)ccc21. The summed E-state index contributed by atoms with van der Waals surface area (Å²) in [6, 6.07) is 4.68. The van der Waals surface area contributed by atoms with Crippen LogP contribution in [-0.4, -0.2) is 84.9 Å². The molecule has 2 aromatic rings. The number of ether oxygens (including phenoxy) is 1. The van der Waals surface area contributed by atoms with Gasteiger partial charge in [-0.25, -0.2) is 17.5 Å². The molecule has 9 nitrogen and oxygen atoms in total. The van der Waals surface area contributed by atoms with Crippen LogP contribution in [0, 0.1) is 0 Å². The predicted octanol–water partition coefficient (Wildman–Crippen LogP) is -0.234. The van der Waals surface area contributed by atoms with Gasteiger partial charge in [0.2, 0.25) is 10.0 Å². The van der Waals surface area contributed by atoms with Gasteiger partial charge in [-0.1, -0.05) is 0 Å². The Balaban J connectivity index is 1.97. The van der Waals surface area contributed by atoms with E-state index in [1.807, 2.05) is 6.92 Å². The molecule has 2 heterocycles. The molecule has 0 unspecified atom stereocenters. The molecular weight excluding hydrogens is 384 g/mol. The summed E-state index contributed by atoms with van der Waals surface area (Å²) >= 11 is 0. The van der Waals surface area contributed by atoms with Gasteiger partial charge in [0.25, 0.3) is 0 Å². The second-order valence-corrected chi connectivity index (χ2v) is 9.29. The van der Waals surface area contributed by atoms with Crippen molar-refractivity contribution >= 4 is 21.1 Å². The molecular formula is C18H28N4O5S.